The van der Waals surface area contributed by atoms with Crippen molar-refractivity contribution in [2.75, 3.05) is 9.80 Å². The van der Waals surface area contributed by atoms with Gasteiger partial charge in [-0.25, -0.2) is 0 Å². The molecule has 0 amide bonds. The van der Waals surface area contributed by atoms with Gasteiger partial charge in [-0.15, -0.1) is 0 Å². The van der Waals surface area contributed by atoms with Crippen LogP contribution in [0.1, 0.15) is 19.4 Å². The summed E-state index contributed by atoms with van der Waals surface area (Å²) in [5.74, 6) is 0. The van der Waals surface area contributed by atoms with Crippen LogP contribution in [0.4, 0.5) is 34.1 Å². The van der Waals surface area contributed by atoms with E-state index < -0.39 is 13.1 Å². The highest BCUT2D eigenvalue weighted by Crippen LogP contribution is 2.48. The normalized spacial score (nSPS) is 12.3. The first-order valence-electron chi connectivity index (χ1n) is 33.5. The van der Waals surface area contributed by atoms with Gasteiger partial charge in [0.05, 0.1) is 19.6 Å². The summed E-state index contributed by atoms with van der Waals surface area (Å²) in [4.78, 5) is 4.73. The van der Waals surface area contributed by atoms with Crippen LogP contribution < -0.4 is 9.80 Å². The summed E-state index contributed by atoms with van der Waals surface area (Å²) in [6, 6.07) is 115. The van der Waals surface area contributed by atoms with E-state index in [1.54, 1.807) is 12.1 Å². The number of fused-ring (bicyclic) bond motifs is 12. The van der Waals surface area contributed by atoms with Crippen LogP contribution in [0.2, 0.25) is 0 Å². The molecule has 0 radical (unpaired) electrons. The van der Waals surface area contributed by atoms with Gasteiger partial charge in [0.15, 0.2) is 0 Å². The minimum Gasteiger partial charge on any atom is -0.310 e. The Balaban J connectivity index is 0.846. The molecule has 0 N–H and O–H groups in total. The molecule has 0 unspecified atom stereocenters. The van der Waals surface area contributed by atoms with Gasteiger partial charge < -0.3 is 9.80 Å². The molecule has 16 aromatic rings. The number of rotatable bonds is 13. The van der Waals surface area contributed by atoms with Crippen LogP contribution in [-0.2, 0) is 0 Å². The molecule has 0 bridgehead atoms. The fourth-order valence-electron chi connectivity index (χ4n) is 13.6. The second-order valence-corrected chi connectivity index (χ2v) is 23.0. The van der Waals surface area contributed by atoms with E-state index in [4.69, 9.17) is 8.22 Å². The molecule has 0 aliphatic rings. The van der Waals surface area contributed by atoms with Crippen LogP contribution in [0.15, 0.2) is 341 Å². The van der Waals surface area contributed by atoms with Crippen LogP contribution in [0.5, 0.6) is 0 Å². The highest BCUT2D eigenvalue weighted by Gasteiger charge is 2.23. The van der Waals surface area contributed by atoms with Crippen molar-refractivity contribution in [3.8, 4) is 55.6 Å². The molecule has 0 aliphatic carbocycles. The SMILES string of the molecule is [2H]C([2H])=C([2H])c1cccc(-c2ccc(N(c3ccc(-c4ccc(N(c5ccc6c7ccccc7c7ccccc7c6c5)c5ccc(-c6cccc(C([2H])=C([2H])[2H])c6)cc5-c5ccccc5)cc4)cc3)c3ccc4c5ccccc5c5ccccc5c4c3)c(-c3ccccc3)c2)c1. The van der Waals surface area contributed by atoms with Gasteiger partial charge in [0.1, 0.15) is 0 Å². The van der Waals surface area contributed by atoms with Crippen molar-refractivity contribution in [1.29, 1.82) is 0 Å². The summed E-state index contributed by atoms with van der Waals surface area (Å²) in [6.07, 6.45) is 0. The van der Waals surface area contributed by atoms with Crippen molar-refractivity contribution < 1.29 is 8.22 Å². The molecule has 0 spiro atoms. The molecule has 90 heavy (non-hydrogen) atoms. The molecule has 0 saturated carbocycles. The topological polar surface area (TPSA) is 6.48 Å². The van der Waals surface area contributed by atoms with Crippen molar-refractivity contribution in [1.82, 2.24) is 0 Å². The molecule has 0 aliphatic heterocycles. The van der Waals surface area contributed by atoms with Gasteiger partial charge in [-0.05, 0) is 205 Å². The second kappa shape index (κ2) is 22.8. The van der Waals surface area contributed by atoms with Crippen LogP contribution >= 0.6 is 0 Å². The van der Waals surface area contributed by atoms with Crippen molar-refractivity contribution in [3.05, 3.63) is 352 Å². The van der Waals surface area contributed by atoms with Gasteiger partial charge in [-0.3, -0.25) is 0 Å². The van der Waals surface area contributed by atoms with E-state index in [2.05, 4.69) is 277 Å². The van der Waals surface area contributed by atoms with Gasteiger partial charge in [0.25, 0.3) is 0 Å². The van der Waals surface area contributed by atoms with Crippen LogP contribution in [-0.4, -0.2) is 0 Å². The Kier molecular flexibility index (Phi) is 12.0. The second-order valence-electron chi connectivity index (χ2n) is 23.0. The van der Waals surface area contributed by atoms with Gasteiger partial charge >= 0.3 is 0 Å². The maximum atomic E-state index is 8.53. The Morgan fingerprint density at radius 3 is 0.867 bits per heavy atom. The molecule has 2 heteroatoms. The summed E-state index contributed by atoms with van der Waals surface area (Å²) in [6.45, 7) is -1.06. The molecular formula is C88H60N2. The van der Waals surface area contributed by atoms with Crippen molar-refractivity contribution in [2.45, 2.75) is 0 Å². The van der Waals surface area contributed by atoms with E-state index in [1.807, 2.05) is 48.5 Å². The molecule has 0 atom stereocenters. The zero-order valence-corrected chi connectivity index (χ0v) is 49.1. The van der Waals surface area contributed by atoms with E-state index in [9.17, 15) is 0 Å². The minimum absolute atomic E-state index is 0.126. The van der Waals surface area contributed by atoms with Crippen LogP contribution in [0, 0.1) is 0 Å². The maximum Gasteiger partial charge on any atom is 0.0623 e. The lowest BCUT2D eigenvalue weighted by molar-refractivity contribution is 1.28. The molecule has 422 valence electrons. The molecule has 0 heterocycles. The van der Waals surface area contributed by atoms with Crippen molar-refractivity contribution in [3.63, 3.8) is 0 Å². The van der Waals surface area contributed by atoms with E-state index in [-0.39, 0.29) is 12.1 Å². The summed E-state index contributed by atoms with van der Waals surface area (Å²) in [7, 11) is 0. The molecule has 0 fully saturated rings. The van der Waals surface area contributed by atoms with Gasteiger partial charge in [0, 0.05) is 33.9 Å². The third-order valence-electron chi connectivity index (χ3n) is 17.9. The zero-order chi connectivity index (χ0) is 65.0. The first kappa shape index (κ1) is 47.3. The zero-order valence-electron chi connectivity index (χ0n) is 55.1. The van der Waals surface area contributed by atoms with Crippen molar-refractivity contribution >= 4 is 111 Å². The largest absolute Gasteiger partial charge is 0.310 e. The quantitative estimate of drug-likeness (QED) is 0.106. The highest BCUT2D eigenvalue weighted by atomic mass is 15.2. The third kappa shape index (κ3) is 9.56. The Hall–Kier alpha value is -11.8. The van der Waals surface area contributed by atoms with E-state index >= 15 is 0 Å². The smallest absolute Gasteiger partial charge is 0.0623 e. The summed E-state index contributed by atoms with van der Waals surface area (Å²) in [5.41, 5.74) is 16.7. The monoisotopic (exact) mass is 1150 g/mol. The molecule has 16 aromatic carbocycles. The van der Waals surface area contributed by atoms with E-state index in [1.165, 1.54) is 53.9 Å². The average molecular weight is 1150 g/mol. The summed E-state index contributed by atoms with van der Waals surface area (Å²) in [5, 5.41) is 14.3. The Morgan fingerprint density at radius 2 is 0.511 bits per heavy atom. The lowest BCUT2D eigenvalue weighted by Gasteiger charge is -2.29. The van der Waals surface area contributed by atoms with Gasteiger partial charge in [-0.2, -0.15) is 0 Å². The number of benzene rings is 16. The highest BCUT2D eigenvalue weighted by molar-refractivity contribution is 6.27. The first-order chi connectivity index (χ1) is 47.1. The van der Waals surface area contributed by atoms with Crippen molar-refractivity contribution in [2.24, 2.45) is 0 Å². The minimum atomic E-state index is -0.528. The fourth-order valence-corrected chi connectivity index (χ4v) is 13.6. The van der Waals surface area contributed by atoms with Crippen LogP contribution in [0.3, 0.4) is 0 Å². The number of hydrogen-bond acceptors (Lipinski definition) is 2. The van der Waals surface area contributed by atoms with Gasteiger partial charge in [-0.1, -0.05) is 268 Å². The Morgan fingerprint density at radius 1 is 0.222 bits per heavy atom. The molecular weight excluding hydrogens is 1080 g/mol. The predicted molar refractivity (Wildman–Crippen MR) is 388 cm³/mol. The Bertz CT molecular complexity index is 5350. The first-order valence-corrected chi connectivity index (χ1v) is 30.5. The standard InChI is InChI=1S/C88H60N2/c1-3-59-21-19-27-65(53-59)67-41-51-87(83(55-67)63-23-7-5-8-24-63)89(71-47-49-81-77-33-13-11-29-73(77)75-31-15-17-35-79(75)85(81)57-71)69-43-37-61(38-44-69)62-39-45-70(46-40-62)90(72-48-50-82-78-34-14-12-30-74(78)76-32-16-18-36-80(76)86(82)58-72)88-52-42-68(66-28-20-22-60(4-2)54-66)56-84(88)64-25-9-6-10-26-64/h3-58H,1-2H2/i1D2,2D2,3D,4D. The average Bonchev–Trinajstić information content (AvgIpc) is 0.748. The van der Waals surface area contributed by atoms with Gasteiger partial charge in [0.2, 0.25) is 0 Å². The number of nitrogens with zero attached hydrogens (tertiary/aromatic N) is 2. The molecule has 0 aromatic heterocycles. The summed E-state index contributed by atoms with van der Waals surface area (Å²) >= 11 is 0. The lowest BCUT2D eigenvalue weighted by atomic mass is 9.93. The van der Waals surface area contributed by atoms with E-state index in [0.29, 0.717) is 11.1 Å². The third-order valence-corrected chi connectivity index (χ3v) is 17.9. The summed E-state index contributed by atoms with van der Waals surface area (Å²) < 4.78 is 48.8. The predicted octanol–water partition coefficient (Wildman–Crippen LogP) is 25.2. The number of anilines is 6. The van der Waals surface area contributed by atoms with E-state index in [0.717, 1.165) is 101 Å². The molecule has 16 rings (SSSR count). The Labute approximate surface area is 533 Å². The van der Waals surface area contributed by atoms with Crippen LogP contribution in [0.25, 0.3) is 132 Å². The maximum absolute atomic E-state index is 8.53. The fraction of sp³-hybridized carbons (Fsp3) is 0. The number of hydrogen-bond donors (Lipinski definition) is 0. The molecule has 2 nitrogen and oxygen atoms in total. The lowest BCUT2D eigenvalue weighted by Crippen LogP contribution is -2.12. The molecule has 0 saturated heterocycles.